The highest BCUT2D eigenvalue weighted by atomic mass is 16.5. The van der Waals surface area contributed by atoms with E-state index in [1.165, 1.54) is 0 Å². The van der Waals surface area contributed by atoms with Gasteiger partial charge in [0.15, 0.2) is 0 Å². The van der Waals surface area contributed by atoms with Crippen LogP contribution >= 0.6 is 0 Å². The summed E-state index contributed by atoms with van der Waals surface area (Å²) in [5.74, 6) is 0.604. The summed E-state index contributed by atoms with van der Waals surface area (Å²) in [6.45, 7) is 11.0. The summed E-state index contributed by atoms with van der Waals surface area (Å²) in [4.78, 5) is 0. The van der Waals surface area contributed by atoms with Crippen LogP contribution in [0.4, 0.5) is 0 Å². The van der Waals surface area contributed by atoms with E-state index >= 15 is 0 Å². The maximum atomic E-state index is 9.55. The van der Waals surface area contributed by atoms with Gasteiger partial charge in [-0.25, -0.2) is 0 Å². The molecule has 0 aliphatic heterocycles. The topological polar surface area (TPSA) is 41.5 Å². The van der Waals surface area contributed by atoms with Gasteiger partial charge >= 0.3 is 0 Å². The first kappa shape index (κ1) is 12.9. The Kier molecular flexibility index (Phi) is 4.56. The zero-order valence-corrected chi connectivity index (χ0v) is 10.4. The first-order valence-corrected chi connectivity index (χ1v) is 5.93. The van der Waals surface area contributed by atoms with Gasteiger partial charge in [-0.2, -0.15) is 0 Å². The summed E-state index contributed by atoms with van der Waals surface area (Å²) in [7, 11) is 0. The van der Waals surface area contributed by atoms with Crippen LogP contribution in [0.25, 0.3) is 0 Å². The van der Waals surface area contributed by atoms with Crippen molar-refractivity contribution in [3.8, 4) is 0 Å². The van der Waals surface area contributed by atoms with E-state index in [1.54, 1.807) is 0 Å². The van der Waals surface area contributed by atoms with E-state index in [9.17, 15) is 5.11 Å². The van der Waals surface area contributed by atoms with Gasteiger partial charge in [0, 0.05) is 24.6 Å². The van der Waals surface area contributed by atoms with E-state index in [0.29, 0.717) is 12.0 Å². The Bertz CT molecular complexity index is 192. The summed E-state index contributed by atoms with van der Waals surface area (Å²) in [6, 6.07) is 0.440. The summed E-state index contributed by atoms with van der Waals surface area (Å²) in [5.41, 5.74) is 0.0258. The minimum absolute atomic E-state index is 0.0258. The van der Waals surface area contributed by atoms with E-state index in [1.807, 2.05) is 0 Å². The number of nitrogens with one attached hydrogen (secondary N) is 1. The third-order valence-electron chi connectivity index (χ3n) is 3.30. The fraction of sp³-hybridized carbons (Fsp3) is 1.00. The average molecular weight is 215 g/mol. The van der Waals surface area contributed by atoms with Crippen LogP contribution < -0.4 is 5.32 Å². The fourth-order valence-corrected chi connectivity index (χ4v) is 1.87. The maximum absolute atomic E-state index is 9.55. The normalized spacial score (nSPS) is 29.2. The Labute approximate surface area is 93.2 Å². The van der Waals surface area contributed by atoms with Gasteiger partial charge in [-0.15, -0.1) is 0 Å². The van der Waals surface area contributed by atoms with Gasteiger partial charge in [0.05, 0.1) is 12.7 Å². The molecule has 1 saturated carbocycles. The Morgan fingerprint density at radius 3 is 2.60 bits per heavy atom. The zero-order chi connectivity index (χ0) is 11.5. The van der Waals surface area contributed by atoms with E-state index in [-0.39, 0.29) is 11.5 Å². The Balaban J connectivity index is 2.02. The molecule has 1 aliphatic carbocycles. The zero-order valence-electron chi connectivity index (χ0n) is 10.4. The SMILES string of the molecule is CC(C)COCCNC1CC(O)C1(C)C. The molecule has 0 bridgehead atoms. The Morgan fingerprint density at radius 2 is 2.13 bits per heavy atom. The highest BCUT2D eigenvalue weighted by molar-refractivity contribution is 5.01. The first-order chi connectivity index (χ1) is 6.94. The Morgan fingerprint density at radius 1 is 1.47 bits per heavy atom. The summed E-state index contributed by atoms with van der Waals surface area (Å²) >= 11 is 0. The largest absolute Gasteiger partial charge is 0.392 e. The second kappa shape index (κ2) is 5.28. The second-order valence-corrected chi connectivity index (χ2v) is 5.55. The molecule has 2 unspecified atom stereocenters. The van der Waals surface area contributed by atoms with Gasteiger partial charge < -0.3 is 15.2 Å². The smallest absolute Gasteiger partial charge is 0.0621 e. The van der Waals surface area contributed by atoms with Crippen LogP contribution in [0.15, 0.2) is 0 Å². The molecule has 3 heteroatoms. The number of rotatable bonds is 6. The number of hydrogen-bond acceptors (Lipinski definition) is 3. The lowest BCUT2D eigenvalue weighted by Gasteiger charge is -2.49. The number of ether oxygens (including phenoxy) is 1. The standard InChI is InChI=1S/C12H25NO2/c1-9(2)8-15-6-5-13-10-7-11(14)12(10,3)4/h9-11,13-14H,5-8H2,1-4H3. The molecular weight excluding hydrogens is 190 g/mol. The molecule has 0 heterocycles. The van der Waals surface area contributed by atoms with Crippen molar-refractivity contribution in [2.75, 3.05) is 19.8 Å². The van der Waals surface area contributed by atoms with Crippen LogP contribution in [0.3, 0.4) is 0 Å². The highest BCUT2D eigenvalue weighted by Crippen LogP contribution is 2.40. The molecule has 0 aromatic carbocycles. The van der Waals surface area contributed by atoms with Crippen LogP contribution in [-0.2, 0) is 4.74 Å². The third kappa shape index (κ3) is 3.44. The van der Waals surface area contributed by atoms with E-state index in [2.05, 4.69) is 33.0 Å². The summed E-state index contributed by atoms with van der Waals surface area (Å²) < 4.78 is 5.48. The minimum Gasteiger partial charge on any atom is -0.392 e. The number of hydrogen-bond donors (Lipinski definition) is 2. The van der Waals surface area contributed by atoms with Crippen molar-refractivity contribution >= 4 is 0 Å². The minimum atomic E-state index is -0.147. The predicted octanol–water partition coefficient (Wildman–Crippen LogP) is 1.41. The molecule has 0 aromatic heterocycles. The molecule has 0 aromatic rings. The molecule has 3 nitrogen and oxygen atoms in total. The highest BCUT2D eigenvalue weighted by Gasteiger charge is 2.46. The van der Waals surface area contributed by atoms with Crippen molar-refractivity contribution in [1.82, 2.24) is 5.32 Å². The molecule has 15 heavy (non-hydrogen) atoms. The van der Waals surface area contributed by atoms with Crippen molar-refractivity contribution in [2.45, 2.75) is 46.3 Å². The average Bonchev–Trinajstić information content (AvgIpc) is 2.15. The van der Waals surface area contributed by atoms with Gasteiger partial charge in [-0.05, 0) is 12.3 Å². The lowest BCUT2D eigenvalue weighted by atomic mass is 9.64. The maximum Gasteiger partial charge on any atom is 0.0621 e. The van der Waals surface area contributed by atoms with Gasteiger partial charge in [-0.1, -0.05) is 27.7 Å². The molecule has 2 atom stereocenters. The Hall–Kier alpha value is -0.120. The van der Waals surface area contributed by atoms with Crippen molar-refractivity contribution in [3.05, 3.63) is 0 Å². The number of aliphatic hydroxyl groups excluding tert-OH is 1. The lowest BCUT2D eigenvalue weighted by molar-refractivity contribution is -0.0739. The number of aliphatic hydroxyl groups is 1. The van der Waals surface area contributed by atoms with E-state index in [0.717, 1.165) is 26.2 Å². The molecule has 90 valence electrons. The van der Waals surface area contributed by atoms with Crippen molar-refractivity contribution < 1.29 is 9.84 Å². The van der Waals surface area contributed by atoms with Crippen LogP contribution in [0.5, 0.6) is 0 Å². The van der Waals surface area contributed by atoms with Crippen molar-refractivity contribution in [1.29, 1.82) is 0 Å². The van der Waals surface area contributed by atoms with Crippen LogP contribution in [-0.4, -0.2) is 37.0 Å². The van der Waals surface area contributed by atoms with Crippen molar-refractivity contribution in [2.24, 2.45) is 11.3 Å². The molecule has 0 radical (unpaired) electrons. The molecule has 0 spiro atoms. The molecule has 0 saturated heterocycles. The van der Waals surface area contributed by atoms with E-state index < -0.39 is 0 Å². The fourth-order valence-electron chi connectivity index (χ4n) is 1.87. The van der Waals surface area contributed by atoms with Gasteiger partial charge in [0.1, 0.15) is 0 Å². The van der Waals surface area contributed by atoms with Gasteiger partial charge in [0.2, 0.25) is 0 Å². The summed E-state index contributed by atoms with van der Waals surface area (Å²) in [5, 5.41) is 13.0. The molecule has 1 rings (SSSR count). The second-order valence-electron chi connectivity index (χ2n) is 5.55. The monoisotopic (exact) mass is 215 g/mol. The van der Waals surface area contributed by atoms with E-state index in [4.69, 9.17) is 4.74 Å². The molecule has 0 amide bonds. The first-order valence-electron chi connectivity index (χ1n) is 5.93. The molecule has 1 fully saturated rings. The van der Waals surface area contributed by atoms with Crippen LogP contribution in [0.1, 0.15) is 34.1 Å². The molecule has 2 N–H and O–H groups in total. The predicted molar refractivity (Wildman–Crippen MR) is 61.9 cm³/mol. The van der Waals surface area contributed by atoms with Gasteiger partial charge in [0.25, 0.3) is 0 Å². The quantitative estimate of drug-likeness (QED) is 0.658. The summed E-state index contributed by atoms with van der Waals surface area (Å²) in [6.07, 6.45) is 0.726. The molecule has 1 aliphatic rings. The van der Waals surface area contributed by atoms with Crippen molar-refractivity contribution in [3.63, 3.8) is 0 Å². The third-order valence-corrected chi connectivity index (χ3v) is 3.30. The van der Waals surface area contributed by atoms with Crippen LogP contribution in [0.2, 0.25) is 0 Å². The lowest BCUT2D eigenvalue weighted by Crippen LogP contribution is -2.60. The van der Waals surface area contributed by atoms with Gasteiger partial charge in [-0.3, -0.25) is 0 Å². The van der Waals surface area contributed by atoms with Crippen LogP contribution in [0, 0.1) is 11.3 Å². The molecular formula is C12H25NO2.